The largest absolute Gasteiger partial charge is 0.396 e. The summed E-state index contributed by atoms with van der Waals surface area (Å²) < 4.78 is 9.94. The van der Waals surface area contributed by atoms with Gasteiger partial charge < -0.3 is 43.9 Å². The van der Waals surface area contributed by atoms with Crippen LogP contribution in [0.5, 0.6) is 0 Å². The molecule has 11 heteroatoms. The zero-order chi connectivity index (χ0) is 16.1. The van der Waals surface area contributed by atoms with E-state index in [1.165, 1.54) is 0 Å². The third-order valence-electron chi connectivity index (χ3n) is 4.28. The first kappa shape index (κ1) is 19.5. The fraction of sp³-hybridized carbons (Fsp3) is 1.00. The van der Waals surface area contributed by atoms with E-state index < -0.39 is 54.0 Å². The number of aliphatic hydroxyl groups excluding tert-OH is 3. The number of rotatable bonds is 8. The Bertz CT molecular complexity index is 313. The summed E-state index contributed by atoms with van der Waals surface area (Å²) >= 11 is 0. The number of hydrogen-bond donors (Lipinski definition) is 7. The van der Waals surface area contributed by atoms with Gasteiger partial charge in [-0.1, -0.05) is 6.42 Å². The van der Waals surface area contributed by atoms with E-state index in [2.05, 4.69) is 0 Å². The lowest BCUT2D eigenvalue weighted by atomic mass is 9.58. The van der Waals surface area contributed by atoms with E-state index in [9.17, 15) is 25.1 Å². The molecule has 1 fully saturated rings. The molecule has 9 nitrogen and oxygen atoms in total. The van der Waals surface area contributed by atoms with Crippen molar-refractivity contribution < 1.29 is 43.9 Å². The van der Waals surface area contributed by atoms with Crippen molar-refractivity contribution in [3.05, 3.63) is 0 Å². The molecule has 2 atom stereocenters. The van der Waals surface area contributed by atoms with Crippen LogP contribution in [0.25, 0.3) is 0 Å². The van der Waals surface area contributed by atoms with Crippen LogP contribution in [-0.2, 0) is 9.05 Å². The monoisotopic (exact) mass is 348 g/mol. The van der Waals surface area contributed by atoms with Gasteiger partial charge in [0, 0.05) is 6.61 Å². The molecule has 0 heterocycles. The summed E-state index contributed by atoms with van der Waals surface area (Å²) in [6.07, 6.45) is 1.23. The Labute approximate surface area is 124 Å². The second-order valence-corrected chi connectivity index (χ2v) is 6.56. The summed E-state index contributed by atoms with van der Waals surface area (Å²) in [6.45, 7) is -1.97. The molecule has 1 saturated carbocycles. The lowest BCUT2D eigenvalue weighted by Gasteiger charge is -2.54. The van der Waals surface area contributed by atoms with E-state index in [-0.39, 0.29) is 13.0 Å². The summed E-state index contributed by atoms with van der Waals surface area (Å²) in [7, 11) is -5.55. The Morgan fingerprint density at radius 3 is 2.05 bits per heavy atom. The van der Waals surface area contributed by atoms with E-state index in [1.807, 2.05) is 0 Å². The highest BCUT2D eigenvalue weighted by Crippen LogP contribution is 2.54. The minimum Gasteiger partial charge on any atom is -0.396 e. The van der Waals surface area contributed by atoms with Gasteiger partial charge in [-0.25, -0.2) is 0 Å². The maximum Gasteiger partial charge on any atom is 0.327 e. The Morgan fingerprint density at radius 2 is 1.62 bits per heavy atom. The van der Waals surface area contributed by atoms with Crippen molar-refractivity contribution in [1.29, 1.82) is 0 Å². The molecule has 1 aliphatic carbocycles. The number of aliphatic hydroxyl groups is 3. The zero-order valence-electron chi connectivity index (χ0n) is 11.4. The summed E-state index contributed by atoms with van der Waals surface area (Å²) in [5.41, 5.74) is -2.93. The van der Waals surface area contributed by atoms with Gasteiger partial charge in [-0.3, -0.25) is 0 Å². The van der Waals surface area contributed by atoms with Gasteiger partial charge in [-0.15, -0.1) is 0 Å². The third kappa shape index (κ3) is 4.07. The first-order valence-electron chi connectivity index (χ1n) is 6.38. The van der Waals surface area contributed by atoms with Crippen molar-refractivity contribution in [2.45, 2.75) is 24.9 Å². The van der Waals surface area contributed by atoms with Crippen LogP contribution in [0.3, 0.4) is 0 Å². The highest BCUT2D eigenvalue weighted by atomic mass is 31.2. The van der Waals surface area contributed by atoms with Gasteiger partial charge in [-0.2, -0.15) is 0 Å². The zero-order valence-corrected chi connectivity index (χ0v) is 13.2. The molecule has 2 unspecified atom stereocenters. The molecular formula is C10H22O9P2. The van der Waals surface area contributed by atoms with Crippen LogP contribution in [0.2, 0.25) is 0 Å². The maximum atomic E-state index is 9.77. The average molecular weight is 348 g/mol. The van der Waals surface area contributed by atoms with Crippen LogP contribution < -0.4 is 0 Å². The third-order valence-corrected chi connectivity index (χ3v) is 5.15. The van der Waals surface area contributed by atoms with Gasteiger partial charge in [0.15, 0.2) is 0 Å². The van der Waals surface area contributed by atoms with Gasteiger partial charge in [0.05, 0.1) is 25.2 Å². The van der Waals surface area contributed by atoms with E-state index in [0.717, 1.165) is 0 Å². The van der Waals surface area contributed by atoms with Crippen molar-refractivity contribution in [2.24, 2.45) is 11.3 Å². The summed E-state index contributed by atoms with van der Waals surface area (Å²) in [5.74, 6) is -0.552. The standard InChI is InChI=1S/C10H22O9P2/c11-4-8-2-1-3-10(19-21(16)17,7-18-20(14)15)9(8,5-12)6-13/h8,11-17H,1-7H2. The fourth-order valence-electron chi connectivity index (χ4n) is 3.09. The second-order valence-electron chi connectivity index (χ2n) is 5.11. The normalized spacial score (nSPS) is 29.3. The van der Waals surface area contributed by atoms with Gasteiger partial charge in [-0.05, 0) is 18.8 Å². The van der Waals surface area contributed by atoms with Gasteiger partial charge in [0.1, 0.15) is 5.60 Å². The molecule has 0 aromatic heterocycles. The second kappa shape index (κ2) is 8.38. The molecular weight excluding hydrogens is 326 g/mol. The summed E-state index contributed by atoms with van der Waals surface area (Å²) in [6, 6.07) is 0. The van der Waals surface area contributed by atoms with Crippen molar-refractivity contribution in [3.8, 4) is 0 Å². The molecule has 1 aliphatic rings. The summed E-state index contributed by atoms with van der Waals surface area (Å²) in [5, 5.41) is 29.0. The van der Waals surface area contributed by atoms with E-state index in [1.54, 1.807) is 0 Å². The molecule has 0 aromatic rings. The average Bonchev–Trinajstić information content (AvgIpc) is 2.44. The molecule has 0 saturated heterocycles. The summed E-state index contributed by atoms with van der Waals surface area (Å²) in [4.78, 5) is 36.3. The first-order valence-corrected chi connectivity index (χ1v) is 8.71. The molecule has 0 bridgehead atoms. The van der Waals surface area contributed by atoms with Crippen LogP contribution in [0, 0.1) is 11.3 Å². The minimum absolute atomic E-state index is 0.202. The molecule has 0 spiro atoms. The molecule has 21 heavy (non-hydrogen) atoms. The first-order chi connectivity index (χ1) is 9.87. The molecule has 126 valence electrons. The highest BCUT2D eigenvalue weighted by Gasteiger charge is 2.59. The molecule has 0 aliphatic heterocycles. The Morgan fingerprint density at radius 1 is 1.00 bits per heavy atom. The lowest BCUT2D eigenvalue weighted by molar-refractivity contribution is -0.194. The van der Waals surface area contributed by atoms with Crippen molar-refractivity contribution in [2.75, 3.05) is 26.4 Å². The van der Waals surface area contributed by atoms with Crippen LogP contribution >= 0.6 is 17.2 Å². The topological polar surface area (TPSA) is 160 Å². The van der Waals surface area contributed by atoms with Crippen LogP contribution in [-0.4, -0.2) is 66.9 Å². The molecule has 0 amide bonds. The minimum atomic E-state index is -2.84. The quantitative estimate of drug-likeness (QED) is 0.271. The van der Waals surface area contributed by atoms with Crippen molar-refractivity contribution >= 4 is 17.2 Å². The van der Waals surface area contributed by atoms with E-state index >= 15 is 0 Å². The SMILES string of the molecule is OCC1CCCC(COP(O)O)(OP(O)O)C1(CO)CO. The fourth-order valence-corrected chi connectivity index (χ4v) is 4.05. The molecule has 7 N–H and O–H groups in total. The highest BCUT2D eigenvalue weighted by molar-refractivity contribution is 7.39. The van der Waals surface area contributed by atoms with Gasteiger partial charge >= 0.3 is 17.2 Å². The Balaban J connectivity index is 3.19. The lowest BCUT2D eigenvalue weighted by Crippen LogP contribution is -2.63. The van der Waals surface area contributed by atoms with E-state index in [4.69, 9.17) is 18.8 Å². The Kier molecular flexibility index (Phi) is 7.80. The van der Waals surface area contributed by atoms with Crippen molar-refractivity contribution in [1.82, 2.24) is 0 Å². The molecule has 0 aromatic carbocycles. The molecule has 0 radical (unpaired) electrons. The van der Waals surface area contributed by atoms with Crippen molar-refractivity contribution in [3.63, 3.8) is 0 Å². The number of hydrogen-bond acceptors (Lipinski definition) is 9. The molecule has 1 rings (SSSR count). The Hall–Kier alpha value is 0.500. The van der Waals surface area contributed by atoms with Gasteiger partial charge in [0.25, 0.3) is 0 Å². The smallest absolute Gasteiger partial charge is 0.327 e. The van der Waals surface area contributed by atoms with Crippen LogP contribution in [0.4, 0.5) is 0 Å². The predicted octanol–water partition coefficient (Wildman–Crippen LogP) is -1.06. The van der Waals surface area contributed by atoms with Crippen LogP contribution in [0.15, 0.2) is 0 Å². The predicted molar refractivity (Wildman–Crippen MR) is 73.5 cm³/mol. The van der Waals surface area contributed by atoms with Gasteiger partial charge in [0.2, 0.25) is 0 Å². The maximum absolute atomic E-state index is 9.77. The van der Waals surface area contributed by atoms with E-state index in [0.29, 0.717) is 12.8 Å². The van der Waals surface area contributed by atoms with Crippen LogP contribution in [0.1, 0.15) is 19.3 Å².